The van der Waals surface area contributed by atoms with Gasteiger partial charge in [0.05, 0.1) is 18.5 Å². The molecule has 0 aliphatic carbocycles. The highest BCUT2D eigenvalue weighted by Gasteiger charge is 2.15. The molecule has 0 bridgehead atoms. The van der Waals surface area contributed by atoms with E-state index in [-0.39, 0.29) is 0 Å². The summed E-state index contributed by atoms with van der Waals surface area (Å²) in [6.07, 6.45) is 7.43. The zero-order valence-corrected chi connectivity index (χ0v) is 8.80. The highest BCUT2D eigenvalue weighted by molar-refractivity contribution is 5.82. The average molecular weight is 196 g/mol. The molecule has 2 heterocycles. The number of hydrogen-bond donors (Lipinski definition) is 1. The van der Waals surface area contributed by atoms with Crippen LogP contribution in [-0.4, -0.2) is 31.6 Å². The number of rotatable bonds is 1. The van der Waals surface area contributed by atoms with Crippen molar-refractivity contribution in [2.45, 2.75) is 44.6 Å². The zero-order valence-electron chi connectivity index (χ0n) is 8.80. The van der Waals surface area contributed by atoms with Crippen LogP contribution in [0.4, 0.5) is 0 Å². The first kappa shape index (κ1) is 9.97. The Morgan fingerprint density at radius 3 is 3.07 bits per heavy atom. The second kappa shape index (κ2) is 5.35. The Labute approximate surface area is 85.9 Å². The summed E-state index contributed by atoms with van der Waals surface area (Å²) in [5, 5.41) is 3.52. The molecule has 2 aliphatic heterocycles. The number of nitrogens with zero attached hydrogens (tertiary/aromatic N) is 1. The van der Waals surface area contributed by atoms with Gasteiger partial charge in [0.1, 0.15) is 0 Å². The Bertz CT molecular complexity index is 197. The number of ether oxygens (including phenoxy) is 1. The van der Waals surface area contributed by atoms with Gasteiger partial charge in [-0.2, -0.15) is 0 Å². The molecule has 2 aliphatic rings. The van der Waals surface area contributed by atoms with Gasteiger partial charge >= 0.3 is 0 Å². The van der Waals surface area contributed by atoms with Crippen molar-refractivity contribution in [3.63, 3.8) is 0 Å². The van der Waals surface area contributed by atoms with Crippen LogP contribution >= 0.6 is 0 Å². The van der Waals surface area contributed by atoms with Crippen molar-refractivity contribution in [1.29, 1.82) is 0 Å². The van der Waals surface area contributed by atoms with E-state index in [0.29, 0.717) is 6.04 Å². The summed E-state index contributed by atoms with van der Waals surface area (Å²) < 4.78 is 5.44. The smallest absolute Gasteiger partial charge is 0.0965 e. The van der Waals surface area contributed by atoms with Crippen molar-refractivity contribution in [3.05, 3.63) is 0 Å². The molecule has 14 heavy (non-hydrogen) atoms. The molecule has 0 spiro atoms. The van der Waals surface area contributed by atoms with Crippen LogP contribution in [0.3, 0.4) is 0 Å². The number of hydrogen-bond acceptors (Lipinski definition) is 3. The van der Waals surface area contributed by atoms with E-state index in [9.17, 15) is 0 Å². The molecule has 1 unspecified atom stereocenters. The molecule has 0 amide bonds. The second-order valence-corrected chi connectivity index (χ2v) is 4.20. The molecule has 0 aromatic carbocycles. The highest BCUT2D eigenvalue weighted by Crippen LogP contribution is 2.10. The SMILES string of the molecule is C1CCN=C(NC2CCCOC2)CC1. The van der Waals surface area contributed by atoms with Gasteiger partial charge in [-0.05, 0) is 25.7 Å². The van der Waals surface area contributed by atoms with Gasteiger partial charge in [0, 0.05) is 19.6 Å². The molecule has 0 aromatic rings. The van der Waals surface area contributed by atoms with Crippen molar-refractivity contribution < 1.29 is 4.74 Å². The fraction of sp³-hybridized carbons (Fsp3) is 0.909. The minimum Gasteiger partial charge on any atom is -0.379 e. The van der Waals surface area contributed by atoms with Crippen LogP contribution in [0.5, 0.6) is 0 Å². The van der Waals surface area contributed by atoms with Gasteiger partial charge in [-0.3, -0.25) is 4.99 Å². The van der Waals surface area contributed by atoms with Gasteiger partial charge in [0.15, 0.2) is 0 Å². The first-order valence-corrected chi connectivity index (χ1v) is 5.83. The molecule has 2 rings (SSSR count). The van der Waals surface area contributed by atoms with Gasteiger partial charge < -0.3 is 10.1 Å². The molecule has 3 heteroatoms. The molecule has 1 atom stereocenters. The predicted octanol–water partition coefficient (Wildman–Crippen LogP) is 1.73. The van der Waals surface area contributed by atoms with E-state index in [1.54, 1.807) is 0 Å². The Balaban J connectivity index is 1.79. The van der Waals surface area contributed by atoms with Crippen molar-refractivity contribution in [3.8, 4) is 0 Å². The molecule has 3 nitrogen and oxygen atoms in total. The molecule has 1 saturated heterocycles. The third-order valence-corrected chi connectivity index (χ3v) is 2.91. The van der Waals surface area contributed by atoms with E-state index in [1.165, 1.54) is 37.9 Å². The van der Waals surface area contributed by atoms with Crippen LogP contribution in [-0.2, 0) is 4.74 Å². The lowest BCUT2D eigenvalue weighted by Crippen LogP contribution is -2.40. The third kappa shape index (κ3) is 2.98. The molecule has 0 aromatic heterocycles. The van der Waals surface area contributed by atoms with Crippen molar-refractivity contribution in [2.75, 3.05) is 19.8 Å². The third-order valence-electron chi connectivity index (χ3n) is 2.91. The summed E-state index contributed by atoms with van der Waals surface area (Å²) in [6, 6.07) is 0.514. The van der Waals surface area contributed by atoms with E-state index < -0.39 is 0 Å². The summed E-state index contributed by atoms with van der Waals surface area (Å²) in [6.45, 7) is 2.81. The molecular formula is C11H20N2O. The quantitative estimate of drug-likeness (QED) is 0.693. The average Bonchev–Trinajstić information content (AvgIpc) is 2.48. The fourth-order valence-corrected chi connectivity index (χ4v) is 2.08. The summed E-state index contributed by atoms with van der Waals surface area (Å²) in [5.41, 5.74) is 0. The van der Waals surface area contributed by atoms with E-state index >= 15 is 0 Å². The standard InChI is InChI=1S/C11H20N2O/c1-2-6-11(12-7-3-1)13-10-5-4-8-14-9-10/h10H,1-9H2,(H,12,13). The van der Waals surface area contributed by atoms with Crippen LogP contribution in [0.2, 0.25) is 0 Å². The fourth-order valence-electron chi connectivity index (χ4n) is 2.08. The minimum absolute atomic E-state index is 0.514. The lowest BCUT2D eigenvalue weighted by atomic mass is 10.1. The first-order valence-electron chi connectivity index (χ1n) is 5.83. The highest BCUT2D eigenvalue weighted by atomic mass is 16.5. The Morgan fingerprint density at radius 1 is 1.21 bits per heavy atom. The topological polar surface area (TPSA) is 33.6 Å². The van der Waals surface area contributed by atoms with Gasteiger partial charge in [0.25, 0.3) is 0 Å². The zero-order chi connectivity index (χ0) is 9.64. The first-order chi connectivity index (χ1) is 6.95. The summed E-state index contributed by atoms with van der Waals surface area (Å²) in [4.78, 5) is 4.57. The number of amidine groups is 1. The summed E-state index contributed by atoms with van der Waals surface area (Å²) in [5.74, 6) is 1.22. The predicted molar refractivity (Wildman–Crippen MR) is 57.7 cm³/mol. The van der Waals surface area contributed by atoms with E-state index in [4.69, 9.17) is 4.74 Å². The van der Waals surface area contributed by atoms with E-state index in [1.807, 2.05) is 0 Å². The molecule has 0 radical (unpaired) electrons. The van der Waals surface area contributed by atoms with Crippen molar-refractivity contribution in [1.82, 2.24) is 5.32 Å². The maximum absolute atomic E-state index is 5.44. The lowest BCUT2D eigenvalue weighted by molar-refractivity contribution is 0.0762. The molecular weight excluding hydrogens is 176 g/mol. The van der Waals surface area contributed by atoms with Gasteiger partial charge in [-0.15, -0.1) is 0 Å². The summed E-state index contributed by atoms with van der Waals surface area (Å²) >= 11 is 0. The van der Waals surface area contributed by atoms with Crippen molar-refractivity contribution in [2.24, 2.45) is 4.99 Å². The van der Waals surface area contributed by atoms with Gasteiger partial charge in [-0.25, -0.2) is 0 Å². The summed E-state index contributed by atoms with van der Waals surface area (Å²) in [7, 11) is 0. The molecule has 0 saturated carbocycles. The number of aliphatic imine (C=N–C) groups is 1. The normalized spacial score (nSPS) is 29.1. The van der Waals surface area contributed by atoms with Crippen LogP contribution in [0.25, 0.3) is 0 Å². The van der Waals surface area contributed by atoms with Gasteiger partial charge in [-0.1, -0.05) is 6.42 Å². The Kier molecular flexibility index (Phi) is 3.80. The van der Waals surface area contributed by atoms with Crippen LogP contribution in [0.15, 0.2) is 4.99 Å². The molecule has 80 valence electrons. The van der Waals surface area contributed by atoms with Crippen LogP contribution in [0.1, 0.15) is 38.5 Å². The van der Waals surface area contributed by atoms with Gasteiger partial charge in [0.2, 0.25) is 0 Å². The van der Waals surface area contributed by atoms with E-state index in [0.717, 1.165) is 26.2 Å². The Hall–Kier alpha value is -0.570. The van der Waals surface area contributed by atoms with Crippen molar-refractivity contribution >= 4 is 5.84 Å². The Morgan fingerprint density at radius 2 is 2.21 bits per heavy atom. The largest absolute Gasteiger partial charge is 0.379 e. The minimum atomic E-state index is 0.514. The van der Waals surface area contributed by atoms with Crippen LogP contribution < -0.4 is 5.32 Å². The van der Waals surface area contributed by atoms with E-state index in [2.05, 4.69) is 10.3 Å². The lowest BCUT2D eigenvalue weighted by Gasteiger charge is -2.24. The van der Waals surface area contributed by atoms with Crippen LogP contribution in [0, 0.1) is 0 Å². The molecule has 1 N–H and O–H groups in total. The maximum Gasteiger partial charge on any atom is 0.0965 e. The maximum atomic E-state index is 5.44. The second-order valence-electron chi connectivity index (χ2n) is 4.20. The number of nitrogens with one attached hydrogen (secondary N) is 1. The molecule has 1 fully saturated rings. The monoisotopic (exact) mass is 196 g/mol.